The van der Waals surface area contributed by atoms with Gasteiger partial charge in [0, 0.05) is 16.5 Å². The zero-order valence-corrected chi connectivity index (χ0v) is 10.7. The van der Waals surface area contributed by atoms with Crippen molar-refractivity contribution < 1.29 is 14.8 Å². The second-order valence-electron chi connectivity index (χ2n) is 3.99. The molecule has 1 atom stereocenters. The van der Waals surface area contributed by atoms with Gasteiger partial charge in [-0.15, -0.1) is 0 Å². The number of carbonyl (C=O) groups excluding carboxylic acids is 1. The summed E-state index contributed by atoms with van der Waals surface area (Å²) in [6.45, 7) is 1.58. The van der Waals surface area contributed by atoms with Crippen molar-refractivity contribution >= 4 is 27.5 Å². The van der Waals surface area contributed by atoms with Crippen LogP contribution in [0.25, 0.3) is 0 Å². The van der Waals surface area contributed by atoms with Gasteiger partial charge in [-0.05, 0) is 19.1 Å². The van der Waals surface area contributed by atoms with Gasteiger partial charge in [0.2, 0.25) is 5.60 Å². The van der Waals surface area contributed by atoms with Crippen molar-refractivity contribution in [3.63, 3.8) is 0 Å². The maximum atomic E-state index is 11.4. The van der Waals surface area contributed by atoms with Crippen LogP contribution in [0.15, 0.2) is 33.9 Å². The zero-order chi connectivity index (χ0) is 12.5. The molecule has 0 saturated carbocycles. The quantitative estimate of drug-likeness (QED) is 0.646. The summed E-state index contributed by atoms with van der Waals surface area (Å²) < 4.78 is 0.929. The number of hydrogen-bond acceptors (Lipinski definition) is 4. The Bertz CT molecular complexity index is 489. The minimum atomic E-state index is -1.15. The summed E-state index contributed by atoms with van der Waals surface area (Å²) in [6.07, 6.45) is 0.315. The predicted octanol–water partition coefficient (Wildman–Crippen LogP) is 1.84. The van der Waals surface area contributed by atoms with Crippen LogP contribution in [-0.2, 0) is 9.63 Å². The average Bonchev–Trinajstić information content (AvgIpc) is 2.72. The van der Waals surface area contributed by atoms with Gasteiger partial charge in [-0.25, -0.2) is 5.48 Å². The highest BCUT2D eigenvalue weighted by Crippen LogP contribution is 2.27. The van der Waals surface area contributed by atoms with Crippen LogP contribution in [0.5, 0.6) is 0 Å². The number of nitrogens with one attached hydrogen (secondary N) is 1. The second-order valence-corrected chi connectivity index (χ2v) is 4.90. The van der Waals surface area contributed by atoms with Crippen molar-refractivity contribution in [2.24, 2.45) is 5.16 Å². The van der Waals surface area contributed by atoms with Crippen LogP contribution >= 0.6 is 15.9 Å². The summed E-state index contributed by atoms with van der Waals surface area (Å²) in [5.74, 6) is -0.605. The molecule has 0 fully saturated rings. The van der Waals surface area contributed by atoms with Crippen LogP contribution in [0.3, 0.4) is 0 Å². The molecule has 1 aromatic rings. The number of carbonyl (C=O) groups is 1. The highest BCUT2D eigenvalue weighted by atomic mass is 79.9. The highest BCUT2D eigenvalue weighted by Gasteiger charge is 2.42. The van der Waals surface area contributed by atoms with Gasteiger partial charge in [-0.2, -0.15) is 0 Å². The van der Waals surface area contributed by atoms with Crippen molar-refractivity contribution in [1.82, 2.24) is 5.48 Å². The first kappa shape index (κ1) is 12.1. The largest absolute Gasteiger partial charge is 0.379 e. The van der Waals surface area contributed by atoms with E-state index >= 15 is 0 Å². The Balaban J connectivity index is 2.20. The van der Waals surface area contributed by atoms with Crippen molar-refractivity contribution in [2.75, 3.05) is 0 Å². The molecule has 1 aliphatic heterocycles. The molecule has 1 unspecified atom stereocenters. The molecule has 1 amide bonds. The van der Waals surface area contributed by atoms with Gasteiger partial charge in [0.15, 0.2) is 0 Å². The zero-order valence-electron chi connectivity index (χ0n) is 9.11. The Labute approximate surface area is 107 Å². The highest BCUT2D eigenvalue weighted by molar-refractivity contribution is 9.10. The van der Waals surface area contributed by atoms with Crippen LogP contribution in [0, 0.1) is 0 Å². The maximum Gasteiger partial charge on any atom is 0.290 e. The number of amides is 1. The van der Waals surface area contributed by atoms with Crippen molar-refractivity contribution in [3.05, 3.63) is 34.3 Å². The first-order valence-corrected chi connectivity index (χ1v) is 5.80. The molecule has 2 rings (SSSR count). The van der Waals surface area contributed by atoms with Crippen LogP contribution < -0.4 is 5.48 Å². The van der Waals surface area contributed by atoms with E-state index in [9.17, 15) is 4.79 Å². The van der Waals surface area contributed by atoms with Gasteiger partial charge >= 0.3 is 0 Å². The molecule has 1 heterocycles. The summed E-state index contributed by atoms with van der Waals surface area (Å²) in [7, 11) is 0. The van der Waals surface area contributed by atoms with E-state index in [1.807, 2.05) is 24.3 Å². The number of benzene rings is 1. The maximum absolute atomic E-state index is 11.4. The van der Waals surface area contributed by atoms with Crippen LogP contribution in [0.4, 0.5) is 0 Å². The van der Waals surface area contributed by atoms with Gasteiger partial charge in [0.25, 0.3) is 5.91 Å². The molecule has 0 radical (unpaired) electrons. The number of hydroxylamine groups is 1. The number of nitrogens with zero attached hydrogens (tertiary/aromatic N) is 1. The van der Waals surface area contributed by atoms with Gasteiger partial charge in [-0.3, -0.25) is 10.0 Å². The van der Waals surface area contributed by atoms with Gasteiger partial charge in [0.05, 0.1) is 5.71 Å². The monoisotopic (exact) mass is 298 g/mol. The van der Waals surface area contributed by atoms with E-state index < -0.39 is 11.5 Å². The van der Waals surface area contributed by atoms with E-state index in [0.717, 1.165) is 10.0 Å². The molecule has 0 spiro atoms. The first-order valence-electron chi connectivity index (χ1n) is 5.01. The normalized spacial score (nSPS) is 22.9. The van der Waals surface area contributed by atoms with Crippen LogP contribution in [-0.4, -0.2) is 22.4 Å². The molecule has 0 aromatic heterocycles. The van der Waals surface area contributed by atoms with Crippen LogP contribution in [0.1, 0.15) is 18.9 Å². The van der Waals surface area contributed by atoms with E-state index in [1.165, 1.54) is 0 Å². The Morgan fingerprint density at radius 1 is 1.65 bits per heavy atom. The van der Waals surface area contributed by atoms with Gasteiger partial charge in [0.1, 0.15) is 0 Å². The minimum Gasteiger partial charge on any atom is -0.379 e. The van der Waals surface area contributed by atoms with E-state index in [0.29, 0.717) is 12.1 Å². The second kappa shape index (κ2) is 4.46. The molecule has 0 bridgehead atoms. The van der Waals surface area contributed by atoms with Gasteiger partial charge < -0.3 is 4.84 Å². The lowest BCUT2D eigenvalue weighted by Crippen LogP contribution is -2.43. The third-order valence-electron chi connectivity index (χ3n) is 2.60. The lowest BCUT2D eigenvalue weighted by atomic mass is 9.95. The molecule has 2 N–H and O–H groups in total. The van der Waals surface area contributed by atoms with Crippen molar-refractivity contribution in [2.45, 2.75) is 18.9 Å². The molecule has 17 heavy (non-hydrogen) atoms. The Morgan fingerprint density at radius 3 is 3.06 bits per heavy atom. The van der Waals surface area contributed by atoms with Crippen molar-refractivity contribution in [1.29, 1.82) is 0 Å². The smallest absolute Gasteiger partial charge is 0.290 e. The summed E-state index contributed by atoms with van der Waals surface area (Å²) in [6, 6.07) is 7.56. The number of halogens is 1. The van der Waals surface area contributed by atoms with E-state index in [2.05, 4.69) is 21.1 Å². The predicted molar refractivity (Wildman–Crippen MR) is 64.7 cm³/mol. The number of oxime groups is 1. The Kier molecular flexibility index (Phi) is 3.17. The molecule has 90 valence electrons. The molecule has 6 heteroatoms. The molecule has 0 saturated heterocycles. The first-order chi connectivity index (χ1) is 8.05. The van der Waals surface area contributed by atoms with Gasteiger partial charge in [-0.1, -0.05) is 33.2 Å². The lowest BCUT2D eigenvalue weighted by molar-refractivity contribution is -0.150. The fraction of sp³-hybridized carbons (Fsp3) is 0.273. The minimum absolute atomic E-state index is 0.315. The molecule has 0 aliphatic carbocycles. The topological polar surface area (TPSA) is 70.9 Å². The summed E-state index contributed by atoms with van der Waals surface area (Å²) in [5, 5.41) is 12.5. The number of hydrogen-bond donors (Lipinski definition) is 2. The standard InChI is InChI=1S/C11H11BrN2O3/c1-11(10(15)13-16)6-9(14-17-11)7-3-2-4-8(12)5-7/h2-5,16H,6H2,1H3,(H,13,15). The van der Waals surface area contributed by atoms with Crippen LogP contribution in [0.2, 0.25) is 0 Å². The molecule has 5 nitrogen and oxygen atoms in total. The Morgan fingerprint density at radius 2 is 2.41 bits per heavy atom. The third-order valence-corrected chi connectivity index (χ3v) is 3.10. The molecular weight excluding hydrogens is 288 g/mol. The number of rotatable bonds is 2. The molecule has 1 aromatic carbocycles. The molecular formula is C11H11BrN2O3. The van der Waals surface area contributed by atoms with E-state index in [-0.39, 0.29) is 0 Å². The fourth-order valence-electron chi connectivity index (χ4n) is 1.60. The van der Waals surface area contributed by atoms with Crippen molar-refractivity contribution in [3.8, 4) is 0 Å². The summed E-state index contributed by atoms with van der Waals surface area (Å²) in [4.78, 5) is 16.5. The summed E-state index contributed by atoms with van der Waals surface area (Å²) in [5.41, 5.74) is 2.00. The summed E-state index contributed by atoms with van der Waals surface area (Å²) >= 11 is 3.37. The Hall–Kier alpha value is -1.40. The van der Waals surface area contributed by atoms with E-state index in [1.54, 1.807) is 12.4 Å². The third kappa shape index (κ3) is 2.32. The molecule has 1 aliphatic rings. The fourth-order valence-corrected chi connectivity index (χ4v) is 2.00. The SMILES string of the molecule is CC1(C(=O)NO)CC(c2cccc(Br)c2)=NO1. The average molecular weight is 299 g/mol. The van der Waals surface area contributed by atoms with E-state index in [4.69, 9.17) is 10.0 Å². The lowest BCUT2D eigenvalue weighted by Gasteiger charge is -2.17.